The van der Waals surface area contributed by atoms with E-state index in [0.717, 1.165) is 17.7 Å². The average molecular weight is 405 g/mol. The standard InChI is InChI=1S/C23H25BN2O4/c1-17-6-5-7-20(23(17)28)15-21(24(29)30)25-22(27)14-18-8-10-19(11-9-18)16-26-12-3-2-4-13-26/h2-13,21,29-30H,14-16H2,1H3,(H-,25,27,28)/p+1/t21-/m0/s1. The monoisotopic (exact) mass is 405 g/mol. The molecule has 3 aromatic rings. The number of hydrogen-bond donors (Lipinski definition) is 4. The van der Waals surface area contributed by atoms with Crippen LogP contribution in [-0.4, -0.2) is 34.1 Å². The highest BCUT2D eigenvalue weighted by Crippen LogP contribution is 2.22. The van der Waals surface area contributed by atoms with Gasteiger partial charge in [-0.1, -0.05) is 48.5 Å². The Kier molecular flexibility index (Phi) is 7.22. The largest absolute Gasteiger partial charge is 0.507 e. The second-order valence-corrected chi connectivity index (χ2v) is 7.42. The van der Waals surface area contributed by atoms with Gasteiger partial charge in [-0.05, 0) is 30.0 Å². The number of carbonyl (C=O) groups excluding carboxylic acids is 1. The van der Waals surface area contributed by atoms with E-state index in [2.05, 4.69) is 9.88 Å². The van der Waals surface area contributed by atoms with E-state index in [1.54, 1.807) is 25.1 Å². The zero-order chi connectivity index (χ0) is 21.5. The number of phenolic OH excluding ortho intramolecular Hbond substituents is 1. The van der Waals surface area contributed by atoms with E-state index in [4.69, 9.17) is 0 Å². The van der Waals surface area contributed by atoms with E-state index in [9.17, 15) is 19.9 Å². The highest BCUT2D eigenvalue weighted by atomic mass is 16.4. The lowest BCUT2D eigenvalue weighted by Crippen LogP contribution is -2.48. The fourth-order valence-electron chi connectivity index (χ4n) is 3.31. The van der Waals surface area contributed by atoms with Crippen molar-refractivity contribution >= 4 is 13.0 Å². The van der Waals surface area contributed by atoms with Crippen molar-refractivity contribution in [2.75, 3.05) is 0 Å². The molecule has 0 radical (unpaired) electrons. The zero-order valence-electron chi connectivity index (χ0n) is 16.9. The molecule has 6 nitrogen and oxygen atoms in total. The summed E-state index contributed by atoms with van der Waals surface area (Å²) in [5.41, 5.74) is 3.20. The molecule has 4 N–H and O–H groups in total. The number of nitrogens with zero attached hydrogens (tertiary/aromatic N) is 1. The Morgan fingerprint density at radius 3 is 2.33 bits per heavy atom. The molecule has 0 bridgehead atoms. The van der Waals surface area contributed by atoms with Gasteiger partial charge >= 0.3 is 7.12 Å². The number of nitrogens with one attached hydrogen (secondary N) is 1. The van der Waals surface area contributed by atoms with Crippen LogP contribution in [0.15, 0.2) is 73.1 Å². The summed E-state index contributed by atoms with van der Waals surface area (Å²) in [5.74, 6) is -1.13. The molecule has 1 heterocycles. The van der Waals surface area contributed by atoms with Crippen molar-refractivity contribution in [1.82, 2.24) is 5.32 Å². The molecule has 1 atom stereocenters. The lowest BCUT2D eigenvalue weighted by molar-refractivity contribution is -0.688. The van der Waals surface area contributed by atoms with Gasteiger partial charge in [0.25, 0.3) is 0 Å². The molecule has 0 saturated carbocycles. The van der Waals surface area contributed by atoms with Gasteiger partial charge in [-0.3, -0.25) is 4.79 Å². The van der Waals surface area contributed by atoms with Gasteiger partial charge in [-0.25, -0.2) is 4.57 Å². The first-order chi connectivity index (χ1) is 14.4. The first-order valence-corrected chi connectivity index (χ1v) is 9.87. The zero-order valence-corrected chi connectivity index (χ0v) is 16.9. The summed E-state index contributed by atoms with van der Waals surface area (Å²) in [4.78, 5) is 12.4. The summed E-state index contributed by atoms with van der Waals surface area (Å²) < 4.78 is 2.07. The molecule has 1 aromatic heterocycles. The number of rotatable bonds is 8. The maximum absolute atomic E-state index is 12.4. The van der Waals surface area contributed by atoms with Gasteiger partial charge in [0.1, 0.15) is 5.75 Å². The van der Waals surface area contributed by atoms with Crippen LogP contribution in [0.5, 0.6) is 5.75 Å². The fourth-order valence-corrected chi connectivity index (χ4v) is 3.31. The Bertz CT molecular complexity index is 978. The van der Waals surface area contributed by atoms with Crippen molar-refractivity contribution in [1.29, 1.82) is 0 Å². The minimum absolute atomic E-state index is 0.101. The van der Waals surface area contributed by atoms with Crippen LogP contribution in [0, 0.1) is 6.92 Å². The Morgan fingerprint density at radius 1 is 1.00 bits per heavy atom. The van der Waals surface area contributed by atoms with Crippen LogP contribution < -0.4 is 9.88 Å². The summed E-state index contributed by atoms with van der Waals surface area (Å²) in [6, 6.07) is 18.9. The van der Waals surface area contributed by atoms with Gasteiger partial charge in [0.15, 0.2) is 18.9 Å². The minimum atomic E-state index is -1.74. The van der Waals surface area contributed by atoms with E-state index in [1.165, 1.54) is 0 Å². The molecule has 30 heavy (non-hydrogen) atoms. The Balaban J connectivity index is 1.59. The van der Waals surface area contributed by atoms with Crippen LogP contribution in [0.3, 0.4) is 0 Å². The third-order valence-electron chi connectivity index (χ3n) is 5.00. The Labute approximate surface area is 176 Å². The predicted molar refractivity (Wildman–Crippen MR) is 115 cm³/mol. The second-order valence-electron chi connectivity index (χ2n) is 7.42. The number of phenols is 1. The molecule has 0 aliphatic carbocycles. The minimum Gasteiger partial charge on any atom is -0.507 e. The maximum Gasteiger partial charge on any atom is 0.475 e. The van der Waals surface area contributed by atoms with Crippen molar-refractivity contribution < 1.29 is 24.5 Å². The number of carbonyl (C=O) groups is 1. The van der Waals surface area contributed by atoms with Crippen molar-refractivity contribution in [3.8, 4) is 5.75 Å². The third kappa shape index (κ3) is 5.92. The van der Waals surface area contributed by atoms with Crippen molar-refractivity contribution in [2.24, 2.45) is 0 Å². The first-order valence-electron chi connectivity index (χ1n) is 9.87. The summed E-state index contributed by atoms with van der Waals surface area (Å²) in [6.45, 7) is 2.51. The van der Waals surface area contributed by atoms with E-state index < -0.39 is 13.1 Å². The highest BCUT2D eigenvalue weighted by Gasteiger charge is 2.26. The number of aromatic hydroxyl groups is 1. The molecule has 0 saturated heterocycles. The van der Waals surface area contributed by atoms with Crippen molar-refractivity contribution in [3.05, 3.63) is 95.3 Å². The lowest BCUT2D eigenvalue weighted by Gasteiger charge is -2.19. The van der Waals surface area contributed by atoms with Crippen molar-refractivity contribution in [3.63, 3.8) is 0 Å². The Hall–Kier alpha value is -3.16. The normalized spacial score (nSPS) is 11.7. The number of aryl methyl sites for hydroxylation is 1. The van der Waals surface area contributed by atoms with Gasteiger partial charge in [0, 0.05) is 17.7 Å². The van der Waals surface area contributed by atoms with E-state index in [-0.39, 0.29) is 24.5 Å². The number of hydrogen-bond acceptors (Lipinski definition) is 4. The molecular weight excluding hydrogens is 379 g/mol. The van der Waals surface area contributed by atoms with E-state index >= 15 is 0 Å². The average Bonchev–Trinajstić information content (AvgIpc) is 2.73. The molecule has 3 rings (SSSR count). The number of amides is 1. The quantitative estimate of drug-likeness (QED) is 0.336. The summed E-state index contributed by atoms with van der Waals surface area (Å²) in [6.07, 6.45) is 4.23. The SMILES string of the molecule is Cc1cccc(C[C@H](NC(=O)Cc2ccc(C[n+]3ccccc3)cc2)B(O)O)c1O. The van der Waals surface area contributed by atoms with Crippen LogP contribution in [0.25, 0.3) is 0 Å². The van der Waals surface area contributed by atoms with Crippen LogP contribution in [0.4, 0.5) is 0 Å². The molecule has 0 spiro atoms. The Morgan fingerprint density at radius 2 is 1.67 bits per heavy atom. The molecule has 0 aliphatic rings. The molecule has 1 amide bonds. The third-order valence-corrected chi connectivity index (χ3v) is 5.00. The lowest BCUT2D eigenvalue weighted by atomic mass is 9.75. The molecule has 0 aliphatic heterocycles. The highest BCUT2D eigenvalue weighted by molar-refractivity contribution is 6.43. The van der Waals surface area contributed by atoms with E-state index in [0.29, 0.717) is 11.1 Å². The predicted octanol–water partition coefficient (Wildman–Crippen LogP) is 1.32. The van der Waals surface area contributed by atoms with Gasteiger partial charge in [-0.15, -0.1) is 0 Å². The number of aromatic nitrogens is 1. The molecule has 2 aromatic carbocycles. The topological polar surface area (TPSA) is 93.7 Å². The summed E-state index contributed by atoms with van der Waals surface area (Å²) in [7, 11) is -1.74. The van der Waals surface area contributed by atoms with Crippen molar-refractivity contribution in [2.45, 2.75) is 32.3 Å². The van der Waals surface area contributed by atoms with Crippen LogP contribution >= 0.6 is 0 Å². The first kappa shape index (κ1) is 21.6. The second kappa shape index (κ2) is 10.0. The number of para-hydroxylation sites is 1. The van der Waals surface area contributed by atoms with Gasteiger partial charge < -0.3 is 20.5 Å². The van der Waals surface area contributed by atoms with Gasteiger partial charge in [-0.2, -0.15) is 0 Å². The van der Waals surface area contributed by atoms with Gasteiger partial charge in [0.05, 0.1) is 12.4 Å². The smallest absolute Gasteiger partial charge is 0.475 e. The number of pyridine rings is 1. The molecule has 154 valence electrons. The van der Waals surface area contributed by atoms with E-state index in [1.807, 2.05) is 54.9 Å². The summed E-state index contributed by atoms with van der Waals surface area (Å²) in [5, 5.41) is 32.2. The molecule has 0 fully saturated rings. The molecule has 7 heteroatoms. The number of benzene rings is 2. The fraction of sp³-hybridized carbons (Fsp3) is 0.217. The summed E-state index contributed by atoms with van der Waals surface area (Å²) >= 11 is 0. The molecular formula is C23H26BN2O4+. The maximum atomic E-state index is 12.4. The van der Waals surface area contributed by atoms with Crippen LogP contribution in [-0.2, 0) is 24.2 Å². The van der Waals surface area contributed by atoms with Gasteiger partial charge in [0.2, 0.25) is 5.91 Å². The van der Waals surface area contributed by atoms with Crippen LogP contribution in [0.2, 0.25) is 0 Å². The molecule has 0 unspecified atom stereocenters. The van der Waals surface area contributed by atoms with Crippen LogP contribution in [0.1, 0.15) is 22.3 Å².